The molecule has 0 bridgehead atoms. The third-order valence-corrected chi connectivity index (χ3v) is 3.83. The molecule has 0 spiro atoms. The molecule has 0 saturated heterocycles. The smallest absolute Gasteiger partial charge is 0.0688 e. The number of hydrogen-bond acceptors (Lipinski definition) is 3. The quantitative estimate of drug-likeness (QED) is 0.750. The Labute approximate surface area is 92.8 Å². The van der Waals surface area contributed by atoms with E-state index < -0.39 is 0 Å². The van der Waals surface area contributed by atoms with Crippen molar-refractivity contribution >= 4 is 34.1 Å². The van der Waals surface area contributed by atoms with Gasteiger partial charge in [0.15, 0.2) is 0 Å². The first kappa shape index (κ1) is 10.0. The molecule has 1 heterocycles. The number of thiol groups is 1. The summed E-state index contributed by atoms with van der Waals surface area (Å²) in [5, 5.41) is 12.4. The number of aliphatic hydroxyl groups is 1. The van der Waals surface area contributed by atoms with Crippen LogP contribution in [0.2, 0.25) is 0 Å². The third kappa shape index (κ3) is 1.56. The fourth-order valence-electron chi connectivity index (χ4n) is 1.63. The lowest BCUT2D eigenvalue weighted by Gasteiger charge is -2.04. The van der Waals surface area contributed by atoms with Gasteiger partial charge in [0.05, 0.1) is 6.61 Å². The largest absolute Gasteiger partial charge is 0.392 e. The molecule has 1 aromatic carbocycles. The first-order chi connectivity index (χ1) is 6.76. The molecular weight excluding hydrogens is 212 g/mol. The second-order valence-corrected chi connectivity index (χ2v) is 4.65. The second kappa shape index (κ2) is 3.93. The highest BCUT2D eigenvalue weighted by atomic mass is 32.1. The van der Waals surface area contributed by atoms with Crippen LogP contribution < -0.4 is 0 Å². The van der Waals surface area contributed by atoms with E-state index in [1.807, 2.05) is 5.38 Å². The monoisotopic (exact) mass is 224 g/mol. The van der Waals surface area contributed by atoms with Crippen molar-refractivity contribution in [2.45, 2.75) is 24.8 Å². The van der Waals surface area contributed by atoms with Crippen molar-refractivity contribution in [2.24, 2.45) is 0 Å². The van der Waals surface area contributed by atoms with Crippen LogP contribution >= 0.6 is 24.0 Å². The van der Waals surface area contributed by atoms with Gasteiger partial charge in [0, 0.05) is 20.4 Å². The molecule has 0 amide bonds. The molecule has 0 saturated carbocycles. The number of hydrogen-bond donors (Lipinski definition) is 2. The maximum absolute atomic E-state index is 9.27. The predicted molar refractivity (Wildman–Crippen MR) is 64.4 cm³/mol. The van der Waals surface area contributed by atoms with Crippen LogP contribution in [-0.2, 0) is 13.0 Å². The Balaban J connectivity index is 2.76. The number of benzene rings is 1. The van der Waals surface area contributed by atoms with Crippen LogP contribution in [0.5, 0.6) is 0 Å². The molecule has 74 valence electrons. The summed E-state index contributed by atoms with van der Waals surface area (Å²) in [6, 6.07) is 4.24. The van der Waals surface area contributed by atoms with E-state index >= 15 is 0 Å². The van der Waals surface area contributed by atoms with Gasteiger partial charge in [0.1, 0.15) is 0 Å². The Hall–Kier alpha value is -0.510. The topological polar surface area (TPSA) is 20.2 Å². The summed E-state index contributed by atoms with van der Waals surface area (Å²) in [5.74, 6) is 0. The highest BCUT2D eigenvalue weighted by Crippen LogP contribution is 2.32. The number of rotatable bonds is 2. The van der Waals surface area contributed by atoms with Crippen molar-refractivity contribution < 1.29 is 5.11 Å². The number of fused-ring (bicyclic) bond motifs is 1. The molecule has 0 aliphatic rings. The summed E-state index contributed by atoms with van der Waals surface area (Å²) >= 11 is 6.07. The molecule has 0 fully saturated rings. The summed E-state index contributed by atoms with van der Waals surface area (Å²) < 4.78 is 1.22. The highest BCUT2D eigenvalue weighted by Gasteiger charge is 2.07. The van der Waals surface area contributed by atoms with Crippen molar-refractivity contribution in [1.82, 2.24) is 0 Å². The Morgan fingerprint density at radius 3 is 2.86 bits per heavy atom. The average molecular weight is 224 g/mol. The van der Waals surface area contributed by atoms with E-state index in [0.717, 1.165) is 22.3 Å². The van der Waals surface area contributed by atoms with E-state index in [9.17, 15) is 5.11 Å². The van der Waals surface area contributed by atoms with Gasteiger partial charge in [-0.2, -0.15) is 0 Å². The van der Waals surface area contributed by atoms with Crippen LogP contribution in [0.3, 0.4) is 0 Å². The van der Waals surface area contributed by atoms with Gasteiger partial charge in [-0.1, -0.05) is 13.0 Å². The van der Waals surface area contributed by atoms with E-state index in [1.54, 1.807) is 11.3 Å². The molecule has 2 rings (SSSR count). The fraction of sp³-hybridized carbons (Fsp3) is 0.273. The highest BCUT2D eigenvalue weighted by molar-refractivity contribution is 7.80. The maximum Gasteiger partial charge on any atom is 0.0688 e. The Bertz CT molecular complexity index is 460. The van der Waals surface area contributed by atoms with Gasteiger partial charge in [-0.3, -0.25) is 0 Å². The van der Waals surface area contributed by atoms with Crippen LogP contribution in [0.4, 0.5) is 0 Å². The lowest BCUT2D eigenvalue weighted by atomic mass is 10.1. The summed E-state index contributed by atoms with van der Waals surface area (Å²) in [6.45, 7) is 2.21. The van der Waals surface area contributed by atoms with E-state index in [4.69, 9.17) is 0 Å². The minimum absolute atomic E-state index is 0.0919. The Kier molecular flexibility index (Phi) is 2.81. The van der Waals surface area contributed by atoms with Crippen molar-refractivity contribution in [3.63, 3.8) is 0 Å². The summed E-state index contributed by atoms with van der Waals surface area (Å²) in [5.41, 5.74) is 2.27. The van der Waals surface area contributed by atoms with Crippen molar-refractivity contribution in [3.05, 3.63) is 28.6 Å². The first-order valence-corrected chi connectivity index (χ1v) is 5.91. The van der Waals surface area contributed by atoms with Gasteiger partial charge in [-0.15, -0.1) is 24.0 Å². The number of thiophene rings is 1. The Morgan fingerprint density at radius 1 is 1.43 bits per heavy atom. The molecule has 14 heavy (non-hydrogen) atoms. The molecule has 0 atom stereocenters. The standard InChI is InChI=1S/C11H12OS2/c1-2-7-3-8(5-12)11-9(13)6-14-10(11)4-7/h3-4,6,12-13H,2,5H2,1H3. The molecule has 0 radical (unpaired) electrons. The van der Waals surface area contributed by atoms with E-state index in [1.165, 1.54) is 10.3 Å². The zero-order valence-electron chi connectivity index (χ0n) is 7.95. The molecular formula is C11H12OS2. The molecule has 2 aromatic rings. The summed E-state index contributed by atoms with van der Waals surface area (Å²) in [4.78, 5) is 0.969. The molecule has 1 nitrogen and oxygen atoms in total. The minimum atomic E-state index is 0.0919. The average Bonchev–Trinajstić information content (AvgIpc) is 2.59. The molecule has 1 aromatic heterocycles. The van der Waals surface area contributed by atoms with Crippen LogP contribution in [0.25, 0.3) is 10.1 Å². The van der Waals surface area contributed by atoms with Gasteiger partial charge in [-0.25, -0.2) is 0 Å². The molecule has 3 heteroatoms. The predicted octanol–water partition coefficient (Wildman–Crippen LogP) is 3.24. The third-order valence-electron chi connectivity index (χ3n) is 2.38. The van der Waals surface area contributed by atoms with E-state index in [0.29, 0.717) is 0 Å². The summed E-state index contributed by atoms with van der Waals surface area (Å²) in [7, 11) is 0. The lowest BCUT2D eigenvalue weighted by molar-refractivity contribution is 0.283. The van der Waals surface area contributed by atoms with Gasteiger partial charge in [0.25, 0.3) is 0 Å². The maximum atomic E-state index is 9.27. The van der Waals surface area contributed by atoms with Crippen LogP contribution in [0, 0.1) is 0 Å². The zero-order chi connectivity index (χ0) is 10.1. The van der Waals surface area contributed by atoms with Crippen molar-refractivity contribution in [2.75, 3.05) is 0 Å². The van der Waals surface area contributed by atoms with Crippen LogP contribution in [0.15, 0.2) is 22.4 Å². The number of aliphatic hydroxyl groups excluding tert-OH is 1. The van der Waals surface area contributed by atoms with Crippen LogP contribution in [-0.4, -0.2) is 5.11 Å². The van der Waals surface area contributed by atoms with Gasteiger partial charge >= 0.3 is 0 Å². The lowest BCUT2D eigenvalue weighted by Crippen LogP contribution is -1.88. The van der Waals surface area contributed by atoms with E-state index in [-0.39, 0.29) is 6.61 Å². The Morgan fingerprint density at radius 2 is 2.21 bits per heavy atom. The van der Waals surface area contributed by atoms with Crippen molar-refractivity contribution in [1.29, 1.82) is 0 Å². The molecule has 0 unspecified atom stereocenters. The first-order valence-electron chi connectivity index (χ1n) is 4.59. The molecule has 1 N–H and O–H groups in total. The normalized spacial score (nSPS) is 11.1. The summed E-state index contributed by atoms with van der Waals surface area (Å²) in [6.07, 6.45) is 1.00. The zero-order valence-corrected chi connectivity index (χ0v) is 9.66. The number of aryl methyl sites for hydroxylation is 1. The molecule has 0 aliphatic carbocycles. The van der Waals surface area contributed by atoms with Crippen LogP contribution in [0.1, 0.15) is 18.1 Å². The van der Waals surface area contributed by atoms with Gasteiger partial charge in [0.2, 0.25) is 0 Å². The van der Waals surface area contributed by atoms with E-state index in [2.05, 4.69) is 31.7 Å². The minimum Gasteiger partial charge on any atom is -0.392 e. The van der Waals surface area contributed by atoms with Gasteiger partial charge < -0.3 is 5.11 Å². The SMILES string of the molecule is CCc1cc(CO)c2c(S)csc2c1. The molecule has 0 aliphatic heterocycles. The van der Waals surface area contributed by atoms with Gasteiger partial charge in [-0.05, 0) is 23.6 Å². The fourth-order valence-corrected chi connectivity index (χ4v) is 3.06. The van der Waals surface area contributed by atoms with Crippen molar-refractivity contribution in [3.8, 4) is 0 Å². The second-order valence-electron chi connectivity index (χ2n) is 3.26.